The zero-order valence-electron chi connectivity index (χ0n) is 10.9. The van der Waals surface area contributed by atoms with Gasteiger partial charge < -0.3 is 21.5 Å². The third-order valence-electron chi connectivity index (χ3n) is 2.74. The Bertz CT molecular complexity index is 407. The van der Waals surface area contributed by atoms with Gasteiger partial charge in [-0.1, -0.05) is 0 Å². The molecule has 0 radical (unpaired) electrons. The van der Waals surface area contributed by atoms with Crippen molar-refractivity contribution in [3.05, 3.63) is 23.8 Å². The van der Waals surface area contributed by atoms with Crippen molar-refractivity contribution in [3.8, 4) is 0 Å². The predicted molar refractivity (Wildman–Crippen MR) is 73.6 cm³/mol. The first-order valence-electron chi connectivity index (χ1n) is 6.07. The molecule has 1 unspecified atom stereocenters. The molecule has 0 fully saturated rings. The number of aliphatic hydroxyl groups is 1. The highest BCUT2D eigenvalue weighted by molar-refractivity contribution is 5.95. The van der Waals surface area contributed by atoms with Crippen LogP contribution in [0.5, 0.6) is 0 Å². The number of carbonyl (C=O) groups excluding carboxylic acids is 1. The average molecular weight is 251 g/mol. The normalized spacial score (nSPS) is 11.9. The van der Waals surface area contributed by atoms with Gasteiger partial charge in [0.05, 0.1) is 11.4 Å². The molecule has 1 atom stereocenters. The average Bonchev–Trinajstić information content (AvgIpc) is 2.37. The zero-order valence-corrected chi connectivity index (χ0v) is 10.9. The number of nitrogens with one attached hydrogen (secondary N) is 2. The van der Waals surface area contributed by atoms with Crippen LogP contribution in [0, 0.1) is 0 Å². The summed E-state index contributed by atoms with van der Waals surface area (Å²) in [6.45, 7) is 2.22. The van der Waals surface area contributed by atoms with E-state index in [2.05, 4.69) is 10.6 Å². The van der Waals surface area contributed by atoms with Crippen molar-refractivity contribution in [2.24, 2.45) is 0 Å². The van der Waals surface area contributed by atoms with Gasteiger partial charge in [0.2, 0.25) is 0 Å². The number of rotatable bonds is 6. The summed E-state index contributed by atoms with van der Waals surface area (Å²) in [5.41, 5.74) is 7.81. The number of carbonyl (C=O) groups is 1. The molecule has 0 aromatic heterocycles. The fraction of sp³-hybridized carbons (Fsp3) is 0.462. The van der Waals surface area contributed by atoms with E-state index in [0.717, 1.165) is 18.5 Å². The van der Waals surface area contributed by atoms with Gasteiger partial charge in [-0.3, -0.25) is 4.79 Å². The van der Waals surface area contributed by atoms with Gasteiger partial charge in [0.1, 0.15) is 0 Å². The second-order valence-electron chi connectivity index (χ2n) is 4.29. The maximum Gasteiger partial charge on any atom is 0.251 e. The number of benzene rings is 1. The standard InChI is InChI=1S/C13H21N3O2/c1-9(4-3-7-17)16-12-6-5-10(8-11(12)14)13(18)15-2/h5-6,8-9,16-17H,3-4,7,14H2,1-2H3,(H,15,18). The maximum absolute atomic E-state index is 11.4. The number of anilines is 2. The highest BCUT2D eigenvalue weighted by atomic mass is 16.2. The molecule has 0 aliphatic carbocycles. The Morgan fingerprint density at radius 3 is 2.78 bits per heavy atom. The summed E-state index contributed by atoms with van der Waals surface area (Å²) in [4.78, 5) is 11.4. The van der Waals surface area contributed by atoms with Crippen LogP contribution in [0.15, 0.2) is 18.2 Å². The van der Waals surface area contributed by atoms with Crippen LogP contribution >= 0.6 is 0 Å². The van der Waals surface area contributed by atoms with Crippen molar-refractivity contribution in [3.63, 3.8) is 0 Å². The lowest BCUT2D eigenvalue weighted by molar-refractivity contribution is 0.0963. The largest absolute Gasteiger partial charge is 0.397 e. The van der Waals surface area contributed by atoms with Gasteiger partial charge in [-0.15, -0.1) is 0 Å². The number of nitrogen functional groups attached to an aromatic ring is 1. The van der Waals surface area contributed by atoms with E-state index in [1.807, 2.05) is 6.92 Å². The van der Waals surface area contributed by atoms with Crippen molar-refractivity contribution in [2.75, 3.05) is 24.7 Å². The highest BCUT2D eigenvalue weighted by Gasteiger charge is 2.08. The third-order valence-corrected chi connectivity index (χ3v) is 2.74. The smallest absolute Gasteiger partial charge is 0.251 e. The Labute approximate surface area is 107 Å². The summed E-state index contributed by atoms with van der Waals surface area (Å²) < 4.78 is 0. The third kappa shape index (κ3) is 3.92. The molecule has 0 bridgehead atoms. The van der Waals surface area contributed by atoms with Gasteiger partial charge in [0, 0.05) is 25.3 Å². The molecule has 5 N–H and O–H groups in total. The van der Waals surface area contributed by atoms with Crippen LogP contribution in [0.4, 0.5) is 11.4 Å². The van der Waals surface area contributed by atoms with Crippen LogP contribution in [-0.2, 0) is 0 Å². The monoisotopic (exact) mass is 251 g/mol. The molecule has 100 valence electrons. The molecule has 5 heteroatoms. The van der Waals surface area contributed by atoms with Crippen LogP contribution in [-0.4, -0.2) is 30.7 Å². The molecule has 1 rings (SSSR count). The quantitative estimate of drug-likeness (QED) is 0.572. The number of hydrogen-bond acceptors (Lipinski definition) is 4. The first-order valence-corrected chi connectivity index (χ1v) is 6.07. The molecule has 0 heterocycles. The van der Waals surface area contributed by atoms with E-state index >= 15 is 0 Å². The lowest BCUT2D eigenvalue weighted by atomic mass is 10.1. The minimum absolute atomic E-state index is 0.151. The van der Waals surface area contributed by atoms with E-state index < -0.39 is 0 Å². The summed E-state index contributed by atoms with van der Waals surface area (Å²) in [5, 5.41) is 14.6. The number of nitrogens with two attached hydrogens (primary N) is 1. The molecule has 0 aliphatic heterocycles. The number of aliphatic hydroxyl groups excluding tert-OH is 1. The lowest BCUT2D eigenvalue weighted by Crippen LogP contribution is -2.19. The predicted octanol–water partition coefficient (Wildman–Crippen LogP) is 1.20. The van der Waals surface area contributed by atoms with Crippen molar-refractivity contribution >= 4 is 17.3 Å². The molecular formula is C13H21N3O2. The van der Waals surface area contributed by atoms with Gasteiger partial charge in [-0.05, 0) is 38.0 Å². The van der Waals surface area contributed by atoms with E-state index in [-0.39, 0.29) is 18.6 Å². The maximum atomic E-state index is 11.4. The topological polar surface area (TPSA) is 87.4 Å². The van der Waals surface area contributed by atoms with Crippen LogP contribution in [0.25, 0.3) is 0 Å². The molecule has 1 amide bonds. The van der Waals surface area contributed by atoms with Crippen LogP contribution < -0.4 is 16.4 Å². The molecule has 1 aromatic carbocycles. The number of hydrogen-bond donors (Lipinski definition) is 4. The molecule has 5 nitrogen and oxygen atoms in total. The SMILES string of the molecule is CNC(=O)c1ccc(NC(C)CCCO)c(N)c1. The Morgan fingerprint density at radius 2 is 2.22 bits per heavy atom. The van der Waals surface area contributed by atoms with Crippen molar-refractivity contribution in [1.82, 2.24) is 5.32 Å². The van der Waals surface area contributed by atoms with E-state index in [0.29, 0.717) is 11.3 Å². The van der Waals surface area contributed by atoms with E-state index in [1.165, 1.54) is 0 Å². The molecule has 18 heavy (non-hydrogen) atoms. The molecule has 1 aromatic rings. The Morgan fingerprint density at radius 1 is 1.50 bits per heavy atom. The van der Waals surface area contributed by atoms with Gasteiger partial charge in [0.15, 0.2) is 0 Å². The van der Waals surface area contributed by atoms with E-state index in [4.69, 9.17) is 10.8 Å². The Hall–Kier alpha value is -1.75. The molecule has 0 aliphatic rings. The highest BCUT2D eigenvalue weighted by Crippen LogP contribution is 2.21. The minimum Gasteiger partial charge on any atom is -0.397 e. The fourth-order valence-corrected chi connectivity index (χ4v) is 1.71. The van der Waals surface area contributed by atoms with Crippen molar-refractivity contribution in [1.29, 1.82) is 0 Å². The molecule has 0 spiro atoms. The van der Waals surface area contributed by atoms with Crippen molar-refractivity contribution in [2.45, 2.75) is 25.8 Å². The summed E-state index contributed by atoms with van der Waals surface area (Å²) in [6, 6.07) is 5.41. The summed E-state index contributed by atoms with van der Waals surface area (Å²) in [5.74, 6) is -0.151. The lowest BCUT2D eigenvalue weighted by Gasteiger charge is -2.16. The van der Waals surface area contributed by atoms with E-state index in [1.54, 1.807) is 25.2 Å². The summed E-state index contributed by atoms with van der Waals surface area (Å²) in [6.07, 6.45) is 1.62. The molecular weight excluding hydrogens is 230 g/mol. The van der Waals surface area contributed by atoms with Gasteiger partial charge in [-0.2, -0.15) is 0 Å². The van der Waals surface area contributed by atoms with Crippen LogP contribution in [0.2, 0.25) is 0 Å². The van der Waals surface area contributed by atoms with Gasteiger partial charge in [0.25, 0.3) is 5.91 Å². The first-order chi connectivity index (χ1) is 8.58. The second kappa shape index (κ2) is 6.86. The zero-order chi connectivity index (χ0) is 13.5. The summed E-state index contributed by atoms with van der Waals surface area (Å²) >= 11 is 0. The van der Waals surface area contributed by atoms with Crippen LogP contribution in [0.3, 0.4) is 0 Å². The Kier molecular flexibility index (Phi) is 5.45. The van der Waals surface area contributed by atoms with Gasteiger partial charge >= 0.3 is 0 Å². The second-order valence-corrected chi connectivity index (χ2v) is 4.29. The van der Waals surface area contributed by atoms with Gasteiger partial charge in [-0.25, -0.2) is 0 Å². The minimum atomic E-state index is -0.151. The number of amides is 1. The van der Waals surface area contributed by atoms with Crippen LogP contribution in [0.1, 0.15) is 30.1 Å². The first kappa shape index (κ1) is 14.3. The van der Waals surface area contributed by atoms with Crippen molar-refractivity contribution < 1.29 is 9.90 Å². The summed E-state index contributed by atoms with van der Waals surface area (Å²) in [7, 11) is 1.58. The molecule has 0 saturated carbocycles. The Balaban J connectivity index is 2.70. The fourth-order valence-electron chi connectivity index (χ4n) is 1.71. The van der Waals surface area contributed by atoms with E-state index in [9.17, 15) is 4.79 Å². The molecule has 0 saturated heterocycles.